The van der Waals surface area contributed by atoms with Crippen LogP contribution in [0.3, 0.4) is 0 Å². The van der Waals surface area contributed by atoms with Crippen LogP contribution in [0.15, 0.2) is 24.3 Å². The molecule has 1 aromatic rings. The second kappa shape index (κ2) is 11.0. The second-order valence-corrected chi connectivity index (χ2v) is 8.67. The highest BCUT2D eigenvalue weighted by Crippen LogP contribution is 2.20. The van der Waals surface area contributed by atoms with Gasteiger partial charge in [0.2, 0.25) is 5.91 Å². The Labute approximate surface area is 184 Å². The van der Waals surface area contributed by atoms with Crippen molar-refractivity contribution in [2.24, 2.45) is 5.92 Å². The van der Waals surface area contributed by atoms with E-state index >= 15 is 0 Å². The molecule has 170 valence electrons. The molecule has 0 unspecified atom stereocenters. The van der Waals surface area contributed by atoms with E-state index in [1.807, 2.05) is 13.8 Å². The summed E-state index contributed by atoms with van der Waals surface area (Å²) >= 11 is 0. The minimum Gasteiger partial charge on any atom is -0.353 e. The van der Waals surface area contributed by atoms with E-state index < -0.39 is 0 Å². The fourth-order valence-corrected chi connectivity index (χ4v) is 4.07. The van der Waals surface area contributed by atoms with Crippen molar-refractivity contribution in [2.75, 3.05) is 23.7 Å². The highest BCUT2D eigenvalue weighted by atomic mass is 16.2. The molecular formula is C23H35N5O3. The number of benzene rings is 1. The quantitative estimate of drug-likeness (QED) is 0.551. The predicted octanol–water partition coefficient (Wildman–Crippen LogP) is 3.91. The molecule has 1 saturated heterocycles. The maximum absolute atomic E-state index is 12.6. The molecule has 2 aliphatic rings. The number of rotatable bonds is 6. The van der Waals surface area contributed by atoms with E-state index in [4.69, 9.17) is 0 Å². The first-order valence-corrected chi connectivity index (χ1v) is 11.5. The van der Waals surface area contributed by atoms with Gasteiger partial charge in [-0.2, -0.15) is 0 Å². The molecule has 8 nitrogen and oxygen atoms in total. The number of anilines is 2. The summed E-state index contributed by atoms with van der Waals surface area (Å²) in [4.78, 5) is 38.6. The van der Waals surface area contributed by atoms with Gasteiger partial charge in [-0.3, -0.25) is 4.79 Å². The van der Waals surface area contributed by atoms with Crippen LogP contribution in [-0.2, 0) is 4.79 Å². The number of nitrogens with one attached hydrogen (secondary N) is 4. The number of piperidine rings is 1. The van der Waals surface area contributed by atoms with Gasteiger partial charge in [-0.15, -0.1) is 0 Å². The zero-order chi connectivity index (χ0) is 22.2. The van der Waals surface area contributed by atoms with E-state index in [0.717, 1.165) is 19.3 Å². The van der Waals surface area contributed by atoms with Crippen molar-refractivity contribution < 1.29 is 14.4 Å². The van der Waals surface area contributed by atoms with Gasteiger partial charge in [0.15, 0.2) is 0 Å². The molecule has 0 bridgehead atoms. The third-order valence-corrected chi connectivity index (χ3v) is 6.24. The van der Waals surface area contributed by atoms with Crippen molar-refractivity contribution in [2.45, 2.75) is 70.9 Å². The maximum Gasteiger partial charge on any atom is 0.321 e. The number of amides is 5. The number of carbonyl (C=O) groups excluding carboxylic acids is 3. The lowest BCUT2D eigenvalue weighted by atomic mass is 9.95. The summed E-state index contributed by atoms with van der Waals surface area (Å²) in [5.41, 5.74) is 1.35. The van der Waals surface area contributed by atoms with Crippen LogP contribution < -0.4 is 21.3 Å². The van der Waals surface area contributed by atoms with Crippen molar-refractivity contribution in [3.05, 3.63) is 24.3 Å². The van der Waals surface area contributed by atoms with Gasteiger partial charge in [0, 0.05) is 42.5 Å². The number of urea groups is 2. The molecule has 1 saturated carbocycles. The first-order chi connectivity index (χ1) is 14.9. The summed E-state index contributed by atoms with van der Waals surface area (Å²) < 4.78 is 0. The van der Waals surface area contributed by atoms with Crippen LogP contribution in [0.4, 0.5) is 21.0 Å². The van der Waals surface area contributed by atoms with E-state index in [0.29, 0.717) is 37.3 Å². The smallest absolute Gasteiger partial charge is 0.321 e. The van der Waals surface area contributed by atoms with E-state index in [-0.39, 0.29) is 36.0 Å². The summed E-state index contributed by atoms with van der Waals surface area (Å²) in [6.45, 7) is 5.17. The lowest BCUT2D eigenvalue weighted by Crippen LogP contribution is -2.45. The molecule has 1 aliphatic heterocycles. The Morgan fingerprint density at radius 3 is 2.13 bits per heavy atom. The molecule has 1 atom stereocenters. The topological polar surface area (TPSA) is 103 Å². The van der Waals surface area contributed by atoms with Crippen LogP contribution in [0.1, 0.15) is 58.8 Å². The van der Waals surface area contributed by atoms with Crippen LogP contribution >= 0.6 is 0 Å². The second-order valence-electron chi connectivity index (χ2n) is 8.67. The molecule has 2 fully saturated rings. The number of carbonyl (C=O) groups is 3. The number of nitrogens with zero attached hydrogens (tertiary/aromatic N) is 1. The van der Waals surface area contributed by atoms with Gasteiger partial charge in [0.25, 0.3) is 0 Å². The molecule has 3 rings (SSSR count). The van der Waals surface area contributed by atoms with Crippen molar-refractivity contribution in [3.63, 3.8) is 0 Å². The van der Waals surface area contributed by atoms with E-state index in [2.05, 4.69) is 21.3 Å². The Kier molecular flexibility index (Phi) is 8.14. The average Bonchev–Trinajstić information content (AvgIpc) is 3.28. The van der Waals surface area contributed by atoms with Crippen LogP contribution in [0.5, 0.6) is 0 Å². The molecule has 1 aliphatic carbocycles. The predicted molar refractivity (Wildman–Crippen MR) is 122 cm³/mol. The van der Waals surface area contributed by atoms with Gasteiger partial charge in [-0.05, 0) is 63.3 Å². The van der Waals surface area contributed by atoms with Crippen LogP contribution in [0.25, 0.3) is 0 Å². The molecular weight excluding hydrogens is 394 g/mol. The molecule has 8 heteroatoms. The molecule has 0 spiro atoms. The summed E-state index contributed by atoms with van der Waals surface area (Å²) in [6, 6.07) is 7.18. The summed E-state index contributed by atoms with van der Waals surface area (Å²) in [7, 11) is 0. The van der Waals surface area contributed by atoms with Crippen molar-refractivity contribution in [1.29, 1.82) is 0 Å². The van der Waals surface area contributed by atoms with Gasteiger partial charge >= 0.3 is 12.1 Å². The van der Waals surface area contributed by atoms with E-state index in [1.165, 1.54) is 12.8 Å². The fourth-order valence-electron chi connectivity index (χ4n) is 4.07. The van der Waals surface area contributed by atoms with Crippen LogP contribution in [0.2, 0.25) is 0 Å². The van der Waals surface area contributed by atoms with Crippen molar-refractivity contribution in [3.8, 4) is 0 Å². The average molecular weight is 430 g/mol. The van der Waals surface area contributed by atoms with Gasteiger partial charge < -0.3 is 26.2 Å². The highest BCUT2D eigenvalue weighted by Gasteiger charge is 2.27. The minimum absolute atomic E-state index is 0.0289. The molecule has 0 aromatic heterocycles. The van der Waals surface area contributed by atoms with Gasteiger partial charge in [-0.25, -0.2) is 9.59 Å². The first kappa shape index (κ1) is 22.9. The first-order valence-electron chi connectivity index (χ1n) is 11.5. The lowest BCUT2D eigenvalue weighted by molar-refractivity contribution is -0.126. The van der Waals surface area contributed by atoms with E-state index in [1.54, 1.807) is 29.2 Å². The summed E-state index contributed by atoms with van der Waals surface area (Å²) in [5.74, 6) is 0.0632. The molecule has 1 aromatic carbocycles. The van der Waals surface area contributed by atoms with Gasteiger partial charge in [0.1, 0.15) is 0 Å². The Hall–Kier alpha value is -2.77. The zero-order valence-corrected chi connectivity index (χ0v) is 18.6. The minimum atomic E-state index is -0.191. The Morgan fingerprint density at radius 1 is 0.968 bits per heavy atom. The number of hydrogen-bond donors (Lipinski definition) is 4. The molecule has 4 N–H and O–H groups in total. The van der Waals surface area contributed by atoms with E-state index in [9.17, 15) is 14.4 Å². The number of hydrogen-bond acceptors (Lipinski definition) is 3. The number of likely N-dealkylation sites (tertiary alicyclic amines) is 1. The van der Waals surface area contributed by atoms with Gasteiger partial charge in [-0.1, -0.05) is 19.8 Å². The van der Waals surface area contributed by atoms with Crippen LogP contribution in [-0.4, -0.2) is 48.0 Å². The highest BCUT2D eigenvalue weighted by molar-refractivity contribution is 5.92. The largest absolute Gasteiger partial charge is 0.353 e. The molecule has 0 radical (unpaired) electrons. The van der Waals surface area contributed by atoms with Crippen LogP contribution in [0, 0.1) is 5.92 Å². The molecule has 1 heterocycles. The Morgan fingerprint density at radius 2 is 1.55 bits per heavy atom. The lowest BCUT2D eigenvalue weighted by Gasteiger charge is -2.31. The zero-order valence-electron chi connectivity index (χ0n) is 18.6. The summed E-state index contributed by atoms with van der Waals surface area (Å²) in [6.07, 6.45) is 6.68. The SMILES string of the molecule is CC[C@H](C)NC(=O)C1CCN(C(=O)Nc2ccc(NC(=O)NC3CCCC3)cc2)CC1. The normalized spacial score (nSPS) is 18.3. The Balaban J connectivity index is 1.41. The van der Waals surface area contributed by atoms with Crippen molar-refractivity contribution >= 4 is 29.3 Å². The van der Waals surface area contributed by atoms with Crippen molar-refractivity contribution in [1.82, 2.24) is 15.5 Å². The monoisotopic (exact) mass is 429 g/mol. The maximum atomic E-state index is 12.6. The third-order valence-electron chi connectivity index (χ3n) is 6.24. The molecule has 5 amide bonds. The third kappa shape index (κ3) is 6.87. The summed E-state index contributed by atoms with van der Waals surface area (Å²) in [5, 5.41) is 11.7. The van der Waals surface area contributed by atoms with Gasteiger partial charge in [0.05, 0.1) is 0 Å². The standard InChI is InChI=1S/C23H35N5O3/c1-3-16(2)24-21(29)17-12-14-28(15-13-17)23(31)27-20-10-8-19(9-11-20)26-22(30)25-18-6-4-5-7-18/h8-11,16-18H,3-7,12-15H2,1-2H3,(H,24,29)(H,27,31)(H2,25,26,30)/t16-/m0/s1. The Bertz CT molecular complexity index is 753. The fraction of sp³-hybridized carbons (Fsp3) is 0.609. The molecule has 31 heavy (non-hydrogen) atoms.